The molecule has 0 aromatic heterocycles. The number of benzene rings is 2. The highest BCUT2D eigenvalue weighted by molar-refractivity contribution is 9.10. The van der Waals surface area contributed by atoms with E-state index in [-0.39, 0.29) is 17.0 Å². The minimum atomic E-state index is -0.563. The Morgan fingerprint density at radius 1 is 1.32 bits per heavy atom. The summed E-state index contributed by atoms with van der Waals surface area (Å²) in [6.07, 6.45) is 0. The second-order valence-corrected chi connectivity index (χ2v) is 4.96. The van der Waals surface area contributed by atoms with E-state index in [0.29, 0.717) is 10.0 Å². The zero-order valence-electron chi connectivity index (χ0n) is 10.1. The highest BCUT2D eigenvalue weighted by Crippen LogP contribution is 2.25. The van der Waals surface area contributed by atoms with Crippen molar-refractivity contribution in [2.75, 3.05) is 5.32 Å². The van der Waals surface area contributed by atoms with Gasteiger partial charge in [-0.05, 0) is 36.8 Å². The molecule has 0 spiro atoms. The second kappa shape index (κ2) is 5.40. The molecule has 0 aliphatic carbocycles. The van der Waals surface area contributed by atoms with Gasteiger partial charge in [0.2, 0.25) is 0 Å². The van der Waals surface area contributed by atoms with Crippen LogP contribution in [0.15, 0.2) is 40.9 Å². The number of amides is 1. The van der Waals surface area contributed by atoms with E-state index in [0.717, 1.165) is 0 Å². The first-order valence-electron chi connectivity index (χ1n) is 5.54. The lowest BCUT2D eigenvalue weighted by Crippen LogP contribution is -2.14. The van der Waals surface area contributed by atoms with Crippen molar-refractivity contribution in [1.29, 1.82) is 0 Å². The standard InChI is InChI=1S/C14H11BrFNO2/c1-8-3-2-4-11(16)13(8)17-14(19)10-7-9(15)5-6-12(10)18/h2-7,18H,1H3,(H,17,19). The summed E-state index contributed by atoms with van der Waals surface area (Å²) in [6, 6.07) is 9.01. The molecule has 0 aliphatic rings. The van der Waals surface area contributed by atoms with Gasteiger partial charge >= 0.3 is 0 Å². The molecule has 19 heavy (non-hydrogen) atoms. The summed E-state index contributed by atoms with van der Waals surface area (Å²) in [5.41, 5.74) is 0.812. The van der Waals surface area contributed by atoms with Crippen molar-refractivity contribution >= 4 is 27.5 Å². The topological polar surface area (TPSA) is 49.3 Å². The molecule has 0 radical (unpaired) electrons. The summed E-state index contributed by atoms with van der Waals surface area (Å²) in [5, 5.41) is 12.1. The third kappa shape index (κ3) is 2.93. The van der Waals surface area contributed by atoms with Crippen molar-refractivity contribution in [2.24, 2.45) is 0 Å². The zero-order valence-corrected chi connectivity index (χ0v) is 11.7. The van der Waals surface area contributed by atoms with Crippen molar-refractivity contribution in [3.63, 3.8) is 0 Å². The minimum absolute atomic E-state index is 0.0806. The molecule has 0 saturated carbocycles. The van der Waals surface area contributed by atoms with Gasteiger partial charge in [-0.1, -0.05) is 28.1 Å². The largest absolute Gasteiger partial charge is 0.507 e. The molecule has 0 saturated heterocycles. The fraction of sp³-hybridized carbons (Fsp3) is 0.0714. The van der Waals surface area contributed by atoms with Crippen LogP contribution in [0.1, 0.15) is 15.9 Å². The molecule has 0 unspecified atom stereocenters. The smallest absolute Gasteiger partial charge is 0.259 e. The fourth-order valence-corrected chi connectivity index (χ4v) is 2.02. The summed E-state index contributed by atoms with van der Waals surface area (Å²) in [7, 11) is 0. The van der Waals surface area contributed by atoms with E-state index in [2.05, 4.69) is 21.2 Å². The number of nitrogens with one attached hydrogen (secondary N) is 1. The molecular weight excluding hydrogens is 313 g/mol. The van der Waals surface area contributed by atoms with Gasteiger partial charge in [0.1, 0.15) is 11.6 Å². The summed E-state index contributed by atoms with van der Waals surface area (Å²) >= 11 is 3.21. The van der Waals surface area contributed by atoms with Crippen LogP contribution < -0.4 is 5.32 Å². The number of para-hydroxylation sites is 1. The van der Waals surface area contributed by atoms with E-state index in [9.17, 15) is 14.3 Å². The maximum atomic E-state index is 13.6. The number of hydrogen-bond acceptors (Lipinski definition) is 2. The molecule has 0 fully saturated rings. The van der Waals surface area contributed by atoms with Crippen LogP contribution in [0.2, 0.25) is 0 Å². The third-order valence-corrected chi connectivity index (χ3v) is 3.16. The number of halogens is 2. The predicted molar refractivity (Wildman–Crippen MR) is 74.9 cm³/mol. The van der Waals surface area contributed by atoms with Crippen LogP contribution >= 0.6 is 15.9 Å². The number of aromatic hydroxyl groups is 1. The molecule has 0 atom stereocenters. The van der Waals surface area contributed by atoms with E-state index in [4.69, 9.17) is 0 Å². The predicted octanol–water partition coefficient (Wildman–Crippen LogP) is 3.85. The van der Waals surface area contributed by atoms with Gasteiger partial charge in [0, 0.05) is 4.47 Å². The van der Waals surface area contributed by atoms with Crippen LogP contribution in [-0.2, 0) is 0 Å². The van der Waals surface area contributed by atoms with Crippen molar-refractivity contribution < 1.29 is 14.3 Å². The van der Waals surface area contributed by atoms with Crippen molar-refractivity contribution in [3.05, 3.63) is 57.8 Å². The number of hydrogen-bond donors (Lipinski definition) is 2. The van der Waals surface area contributed by atoms with Gasteiger partial charge in [-0.3, -0.25) is 4.79 Å². The lowest BCUT2D eigenvalue weighted by atomic mass is 10.1. The Hall–Kier alpha value is -1.88. The Morgan fingerprint density at radius 3 is 2.74 bits per heavy atom. The van der Waals surface area contributed by atoms with Crippen molar-refractivity contribution in [2.45, 2.75) is 6.92 Å². The lowest BCUT2D eigenvalue weighted by Gasteiger charge is -2.10. The number of phenols is 1. The van der Waals surface area contributed by atoms with Crippen LogP contribution in [0.5, 0.6) is 5.75 Å². The Balaban J connectivity index is 2.34. The first-order valence-corrected chi connectivity index (χ1v) is 6.33. The van der Waals surface area contributed by atoms with Crippen LogP contribution in [0.25, 0.3) is 0 Å². The molecule has 2 rings (SSSR count). The van der Waals surface area contributed by atoms with Gasteiger partial charge in [-0.2, -0.15) is 0 Å². The van der Waals surface area contributed by atoms with Gasteiger partial charge in [0.25, 0.3) is 5.91 Å². The van der Waals surface area contributed by atoms with E-state index < -0.39 is 11.7 Å². The number of carbonyl (C=O) groups excluding carboxylic acids is 1. The summed E-state index contributed by atoms with van der Waals surface area (Å²) < 4.78 is 14.3. The quantitative estimate of drug-likeness (QED) is 0.881. The maximum absolute atomic E-state index is 13.6. The van der Waals surface area contributed by atoms with Gasteiger partial charge in [0.15, 0.2) is 0 Å². The van der Waals surface area contributed by atoms with Gasteiger partial charge in [-0.25, -0.2) is 4.39 Å². The van der Waals surface area contributed by atoms with Gasteiger partial charge in [0.05, 0.1) is 11.3 Å². The van der Waals surface area contributed by atoms with Crippen molar-refractivity contribution in [1.82, 2.24) is 0 Å². The summed E-state index contributed by atoms with van der Waals surface area (Å²) in [4.78, 5) is 12.0. The van der Waals surface area contributed by atoms with Gasteiger partial charge in [-0.15, -0.1) is 0 Å². The molecule has 0 aliphatic heterocycles. The lowest BCUT2D eigenvalue weighted by molar-refractivity contribution is 0.102. The molecule has 0 bridgehead atoms. The summed E-state index contributed by atoms with van der Waals surface area (Å²) in [6.45, 7) is 1.69. The highest BCUT2D eigenvalue weighted by Gasteiger charge is 2.14. The van der Waals surface area contributed by atoms with Gasteiger partial charge < -0.3 is 10.4 Å². The number of carbonyl (C=O) groups is 1. The van der Waals surface area contributed by atoms with E-state index >= 15 is 0 Å². The first kappa shape index (κ1) is 13.5. The minimum Gasteiger partial charge on any atom is -0.507 e. The third-order valence-electron chi connectivity index (χ3n) is 2.66. The fourth-order valence-electron chi connectivity index (χ4n) is 1.66. The number of rotatable bonds is 2. The second-order valence-electron chi connectivity index (χ2n) is 4.05. The molecular formula is C14H11BrFNO2. The molecule has 2 N–H and O–H groups in total. The van der Waals surface area contributed by atoms with Crippen molar-refractivity contribution in [3.8, 4) is 5.75 Å². The Bertz CT molecular complexity index is 623. The maximum Gasteiger partial charge on any atom is 0.259 e. The first-order chi connectivity index (χ1) is 8.99. The van der Waals surface area contributed by atoms with Crippen LogP contribution in [0.3, 0.4) is 0 Å². The molecule has 3 nitrogen and oxygen atoms in total. The molecule has 1 amide bonds. The summed E-state index contributed by atoms with van der Waals surface area (Å²) in [5.74, 6) is -1.23. The Labute approximate surface area is 118 Å². The van der Waals surface area contributed by atoms with E-state index in [1.165, 1.54) is 18.2 Å². The molecule has 2 aromatic carbocycles. The molecule has 0 heterocycles. The molecule has 98 valence electrons. The average molecular weight is 324 g/mol. The van der Waals surface area contributed by atoms with Crippen LogP contribution in [-0.4, -0.2) is 11.0 Å². The van der Waals surface area contributed by atoms with Crippen LogP contribution in [0, 0.1) is 12.7 Å². The van der Waals surface area contributed by atoms with E-state index in [1.807, 2.05) is 0 Å². The monoisotopic (exact) mass is 323 g/mol. The molecule has 5 heteroatoms. The Morgan fingerprint density at radius 2 is 2.05 bits per heavy atom. The SMILES string of the molecule is Cc1cccc(F)c1NC(=O)c1cc(Br)ccc1O. The van der Waals surface area contributed by atoms with Crippen LogP contribution in [0.4, 0.5) is 10.1 Å². The number of anilines is 1. The number of phenolic OH excluding ortho intramolecular Hbond substituents is 1. The zero-order chi connectivity index (χ0) is 14.0. The molecule has 2 aromatic rings. The average Bonchev–Trinajstić information content (AvgIpc) is 2.37. The highest BCUT2D eigenvalue weighted by atomic mass is 79.9. The Kier molecular flexibility index (Phi) is 3.85. The van der Waals surface area contributed by atoms with E-state index in [1.54, 1.807) is 25.1 Å². The normalized spacial score (nSPS) is 10.3. The number of aryl methyl sites for hydroxylation is 1.